The summed E-state index contributed by atoms with van der Waals surface area (Å²) in [4.78, 5) is 36.5. The van der Waals surface area contributed by atoms with E-state index >= 15 is 0 Å². The lowest BCUT2D eigenvalue weighted by Crippen LogP contribution is -2.25. The van der Waals surface area contributed by atoms with Gasteiger partial charge in [0.05, 0.1) is 29.5 Å². The summed E-state index contributed by atoms with van der Waals surface area (Å²) < 4.78 is 1.62. The number of benzene rings is 2. The fourth-order valence-electron chi connectivity index (χ4n) is 2.81. The number of hydrogen-bond donors (Lipinski definition) is 2. The molecule has 3 rings (SSSR count). The third kappa shape index (κ3) is 4.32. The molecule has 0 atom stereocenters. The van der Waals surface area contributed by atoms with Gasteiger partial charge in [0, 0.05) is 18.4 Å². The lowest BCUT2D eigenvalue weighted by atomic mass is 10.1. The molecule has 3 aromatic rings. The molecule has 1 aromatic heterocycles. The number of carbonyl (C=O) groups excluding carboxylic acids is 2. The van der Waals surface area contributed by atoms with E-state index < -0.39 is 0 Å². The molecule has 7 nitrogen and oxygen atoms in total. The number of aryl methyl sites for hydroxylation is 1. The Bertz CT molecular complexity index is 1090. The zero-order chi connectivity index (χ0) is 19.9. The van der Waals surface area contributed by atoms with Crippen molar-refractivity contribution in [3.05, 3.63) is 83.2 Å². The Kier molecular flexibility index (Phi) is 5.96. The molecular weight excluding hydrogens is 356 g/mol. The molecule has 0 unspecified atom stereocenters. The number of para-hydroxylation sites is 2. The van der Waals surface area contributed by atoms with Crippen LogP contribution in [-0.2, 0) is 11.3 Å². The number of nitrogens with zero attached hydrogens (tertiary/aromatic N) is 2. The Morgan fingerprint density at radius 3 is 2.68 bits per heavy atom. The van der Waals surface area contributed by atoms with Crippen LogP contribution in [0.4, 0.5) is 5.69 Å². The molecule has 28 heavy (non-hydrogen) atoms. The quantitative estimate of drug-likeness (QED) is 0.619. The molecule has 2 N–H and O–H groups in total. The first kappa shape index (κ1) is 19.0. The maximum absolute atomic E-state index is 12.4. The van der Waals surface area contributed by atoms with Crippen LogP contribution in [-0.4, -0.2) is 28.1 Å². The molecule has 0 aliphatic carbocycles. The number of rotatable bonds is 7. The van der Waals surface area contributed by atoms with Gasteiger partial charge in [-0.05, 0) is 24.3 Å². The van der Waals surface area contributed by atoms with Crippen LogP contribution in [0.2, 0.25) is 0 Å². The summed E-state index contributed by atoms with van der Waals surface area (Å²) in [5.41, 5.74) is 1.33. The SMILES string of the molecule is C=CCNC(=O)c1ccccc1NC(=O)CCn1ncc(=O)c2ccccc21. The predicted octanol–water partition coefficient (Wildman–Crippen LogP) is 2.34. The van der Waals surface area contributed by atoms with Crippen LogP contribution in [0, 0.1) is 0 Å². The van der Waals surface area contributed by atoms with Crippen LogP contribution >= 0.6 is 0 Å². The molecule has 0 aliphatic heterocycles. The van der Waals surface area contributed by atoms with E-state index in [-0.39, 0.29) is 23.7 Å². The summed E-state index contributed by atoms with van der Waals surface area (Å²) in [6.07, 6.45) is 2.97. The Labute approximate surface area is 161 Å². The monoisotopic (exact) mass is 376 g/mol. The van der Waals surface area contributed by atoms with Crippen LogP contribution in [0.15, 0.2) is 72.2 Å². The molecule has 0 saturated carbocycles. The Balaban J connectivity index is 1.71. The standard InChI is InChI=1S/C21H20N4O3/c1-2-12-22-21(28)15-7-3-5-9-17(15)24-20(27)11-13-25-18-10-6-4-8-16(18)19(26)14-23-25/h2-10,14H,1,11-13H2,(H,22,28)(H,24,27). The molecule has 0 spiro atoms. The molecule has 1 heterocycles. The van der Waals surface area contributed by atoms with Crippen LogP contribution in [0.1, 0.15) is 16.8 Å². The second kappa shape index (κ2) is 8.77. The minimum Gasteiger partial charge on any atom is -0.349 e. The minimum absolute atomic E-state index is 0.141. The van der Waals surface area contributed by atoms with Crippen molar-refractivity contribution >= 4 is 28.4 Å². The molecule has 7 heteroatoms. The highest BCUT2D eigenvalue weighted by Crippen LogP contribution is 2.15. The zero-order valence-corrected chi connectivity index (χ0v) is 15.2. The molecule has 2 aromatic carbocycles. The molecule has 2 amide bonds. The van der Waals surface area contributed by atoms with Gasteiger partial charge >= 0.3 is 0 Å². The van der Waals surface area contributed by atoms with Crippen molar-refractivity contribution < 1.29 is 9.59 Å². The number of fused-ring (bicyclic) bond motifs is 1. The highest BCUT2D eigenvalue weighted by atomic mass is 16.2. The Hall–Kier alpha value is -3.74. The molecule has 0 saturated heterocycles. The van der Waals surface area contributed by atoms with E-state index in [1.165, 1.54) is 6.20 Å². The first-order valence-corrected chi connectivity index (χ1v) is 8.83. The molecule has 0 bridgehead atoms. The largest absolute Gasteiger partial charge is 0.349 e. The third-order valence-corrected chi connectivity index (χ3v) is 4.17. The zero-order valence-electron chi connectivity index (χ0n) is 15.2. The Morgan fingerprint density at radius 2 is 1.86 bits per heavy atom. The smallest absolute Gasteiger partial charge is 0.253 e. The molecule has 0 radical (unpaired) electrons. The Morgan fingerprint density at radius 1 is 1.11 bits per heavy atom. The van der Waals surface area contributed by atoms with E-state index in [0.29, 0.717) is 35.2 Å². The summed E-state index contributed by atoms with van der Waals surface area (Å²) in [5.74, 6) is -0.544. The van der Waals surface area contributed by atoms with Gasteiger partial charge in [0.15, 0.2) is 0 Å². The van der Waals surface area contributed by atoms with Gasteiger partial charge in [-0.25, -0.2) is 0 Å². The molecule has 142 valence electrons. The highest BCUT2D eigenvalue weighted by molar-refractivity contribution is 6.03. The maximum Gasteiger partial charge on any atom is 0.253 e. The second-order valence-corrected chi connectivity index (χ2v) is 6.09. The van der Waals surface area contributed by atoms with Crippen molar-refractivity contribution in [1.29, 1.82) is 0 Å². The van der Waals surface area contributed by atoms with Crippen LogP contribution < -0.4 is 16.1 Å². The van der Waals surface area contributed by atoms with Crippen molar-refractivity contribution in [3.63, 3.8) is 0 Å². The highest BCUT2D eigenvalue weighted by Gasteiger charge is 2.13. The van der Waals surface area contributed by atoms with E-state index in [0.717, 1.165) is 0 Å². The normalized spacial score (nSPS) is 10.4. The molecule has 0 fully saturated rings. The van der Waals surface area contributed by atoms with Crippen molar-refractivity contribution in [1.82, 2.24) is 15.1 Å². The van der Waals surface area contributed by atoms with Crippen LogP contribution in [0.5, 0.6) is 0 Å². The maximum atomic E-state index is 12.4. The minimum atomic E-state index is -0.288. The van der Waals surface area contributed by atoms with Gasteiger partial charge in [0.2, 0.25) is 11.3 Å². The van der Waals surface area contributed by atoms with Gasteiger partial charge in [-0.2, -0.15) is 5.10 Å². The van der Waals surface area contributed by atoms with Gasteiger partial charge in [0.25, 0.3) is 5.91 Å². The van der Waals surface area contributed by atoms with Crippen LogP contribution in [0.25, 0.3) is 10.9 Å². The van der Waals surface area contributed by atoms with Crippen molar-refractivity contribution in [3.8, 4) is 0 Å². The fourth-order valence-corrected chi connectivity index (χ4v) is 2.81. The molecular formula is C21H20N4O3. The summed E-state index contributed by atoms with van der Waals surface area (Å²) >= 11 is 0. The van der Waals surface area contributed by atoms with Gasteiger partial charge in [-0.3, -0.25) is 19.1 Å². The lowest BCUT2D eigenvalue weighted by Gasteiger charge is -2.12. The van der Waals surface area contributed by atoms with E-state index in [1.54, 1.807) is 53.2 Å². The summed E-state index contributed by atoms with van der Waals surface area (Å²) in [5, 5.41) is 10.1. The van der Waals surface area contributed by atoms with Gasteiger partial charge in [-0.1, -0.05) is 30.3 Å². The van der Waals surface area contributed by atoms with Crippen molar-refractivity contribution in [2.24, 2.45) is 0 Å². The van der Waals surface area contributed by atoms with E-state index in [1.807, 2.05) is 6.07 Å². The number of nitrogens with one attached hydrogen (secondary N) is 2. The van der Waals surface area contributed by atoms with Gasteiger partial charge < -0.3 is 10.6 Å². The number of hydrogen-bond acceptors (Lipinski definition) is 4. The first-order valence-electron chi connectivity index (χ1n) is 8.83. The van der Waals surface area contributed by atoms with Crippen molar-refractivity contribution in [2.75, 3.05) is 11.9 Å². The van der Waals surface area contributed by atoms with Gasteiger partial charge in [-0.15, -0.1) is 6.58 Å². The van der Waals surface area contributed by atoms with Crippen molar-refractivity contribution in [2.45, 2.75) is 13.0 Å². The number of amides is 2. The lowest BCUT2D eigenvalue weighted by molar-refractivity contribution is -0.116. The average molecular weight is 376 g/mol. The number of aromatic nitrogens is 2. The summed E-state index contributed by atoms with van der Waals surface area (Å²) in [6.45, 7) is 4.21. The topological polar surface area (TPSA) is 93.1 Å². The molecule has 0 aliphatic rings. The second-order valence-electron chi connectivity index (χ2n) is 6.09. The van der Waals surface area contributed by atoms with E-state index in [2.05, 4.69) is 22.3 Å². The fraction of sp³-hybridized carbons (Fsp3) is 0.143. The summed E-state index contributed by atoms with van der Waals surface area (Å²) in [7, 11) is 0. The first-order chi connectivity index (χ1) is 13.6. The third-order valence-electron chi connectivity index (χ3n) is 4.17. The predicted molar refractivity (Wildman–Crippen MR) is 108 cm³/mol. The van der Waals surface area contributed by atoms with E-state index in [9.17, 15) is 14.4 Å². The number of anilines is 1. The number of carbonyl (C=O) groups is 2. The average Bonchev–Trinajstić information content (AvgIpc) is 2.72. The summed E-state index contributed by atoms with van der Waals surface area (Å²) in [6, 6.07) is 13.9. The van der Waals surface area contributed by atoms with Crippen LogP contribution in [0.3, 0.4) is 0 Å². The van der Waals surface area contributed by atoms with E-state index in [4.69, 9.17) is 0 Å². The van der Waals surface area contributed by atoms with Gasteiger partial charge in [0.1, 0.15) is 0 Å².